The minimum absolute atomic E-state index is 0.441. The number of hydrogen-bond acceptors (Lipinski definition) is 8. The van der Waals surface area contributed by atoms with Gasteiger partial charge in [-0.25, -0.2) is 15.0 Å². The maximum atomic E-state index is 9.60. The van der Waals surface area contributed by atoms with Crippen LogP contribution in [0.2, 0.25) is 0 Å². The molecular weight excluding hydrogens is 376 g/mol. The van der Waals surface area contributed by atoms with Crippen LogP contribution in [0.3, 0.4) is 0 Å². The Morgan fingerprint density at radius 2 is 1.90 bits per heavy atom. The summed E-state index contributed by atoms with van der Waals surface area (Å²) in [6, 6.07) is 9.69. The summed E-state index contributed by atoms with van der Waals surface area (Å²) < 4.78 is 0. The van der Waals surface area contributed by atoms with E-state index in [-0.39, 0.29) is 0 Å². The number of anilines is 3. The number of hydrogen-bond donors (Lipinski definition) is 2. The monoisotopic (exact) mass is 400 g/mol. The molecule has 0 bridgehead atoms. The van der Waals surface area contributed by atoms with E-state index in [1.807, 2.05) is 32.0 Å². The quantitative estimate of drug-likeness (QED) is 0.670. The Balaban J connectivity index is 1.57. The Hall–Kier alpha value is -3.57. The molecule has 8 nitrogen and oxygen atoms in total. The van der Waals surface area contributed by atoms with Gasteiger partial charge < -0.3 is 16.0 Å². The Morgan fingerprint density at radius 3 is 2.57 bits per heavy atom. The molecular formula is C22H24N8. The van der Waals surface area contributed by atoms with Gasteiger partial charge in [-0.2, -0.15) is 5.26 Å². The van der Waals surface area contributed by atoms with Crippen molar-refractivity contribution < 1.29 is 0 Å². The molecule has 1 fully saturated rings. The van der Waals surface area contributed by atoms with Gasteiger partial charge in [-0.15, -0.1) is 0 Å². The fourth-order valence-electron chi connectivity index (χ4n) is 3.42. The molecule has 0 unspecified atom stereocenters. The molecule has 152 valence electrons. The number of pyridine rings is 2. The number of nitriles is 1. The van der Waals surface area contributed by atoms with E-state index < -0.39 is 5.54 Å². The van der Waals surface area contributed by atoms with Gasteiger partial charge in [0.15, 0.2) is 0 Å². The van der Waals surface area contributed by atoms with Gasteiger partial charge in [-0.1, -0.05) is 0 Å². The summed E-state index contributed by atoms with van der Waals surface area (Å²) >= 11 is 0. The molecule has 0 amide bonds. The first-order valence-corrected chi connectivity index (χ1v) is 9.95. The van der Waals surface area contributed by atoms with Crippen LogP contribution in [0.4, 0.5) is 17.5 Å². The molecule has 0 aliphatic carbocycles. The van der Waals surface area contributed by atoms with E-state index in [0.29, 0.717) is 17.2 Å². The molecule has 3 aromatic heterocycles. The molecule has 30 heavy (non-hydrogen) atoms. The van der Waals surface area contributed by atoms with E-state index in [1.165, 1.54) is 0 Å². The summed E-state index contributed by atoms with van der Waals surface area (Å²) in [5.74, 6) is 1.19. The zero-order valence-electron chi connectivity index (χ0n) is 17.1. The van der Waals surface area contributed by atoms with Crippen molar-refractivity contribution in [3.05, 3.63) is 54.1 Å². The SMILES string of the molecule is CC(C)(N)c1ccc(Nc2nccc(-c3cnc(N4CCCC4)c(C#N)c3)n2)cn1. The van der Waals surface area contributed by atoms with Crippen LogP contribution >= 0.6 is 0 Å². The van der Waals surface area contributed by atoms with Crippen LogP contribution in [-0.2, 0) is 5.54 Å². The first-order chi connectivity index (χ1) is 14.4. The Labute approximate surface area is 175 Å². The first kappa shape index (κ1) is 19.7. The highest BCUT2D eigenvalue weighted by Gasteiger charge is 2.18. The Morgan fingerprint density at radius 1 is 1.10 bits per heavy atom. The zero-order chi connectivity index (χ0) is 21.1. The standard InChI is InChI=1S/C22H24N8/c1-22(2,24)19-6-5-17(14-26-19)28-21-25-8-7-18(29-21)16-11-15(12-23)20(27-13-16)30-9-3-4-10-30/h5-8,11,13-14H,3-4,9-10,24H2,1-2H3,(H,25,28,29). The molecule has 0 spiro atoms. The maximum absolute atomic E-state index is 9.60. The molecule has 1 aliphatic heterocycles. The van der Waals surface area contributed by atoms with Gasteiger partial charge in [0.05, 0.1) is 34.4 Å². The lowest BCUT2D eigenvalue weighted by Crippen LogP contribution is -2.29. The van der Waals surface area contributed by atoms with Gasteiger partial charge in [0.25, 0.3) is 0 Å². The number of nitrogens with zero attached hydrogens (tertiary/aromatic N) is 6. The average Bonchev–Trinajstić information content (AvgIpc) is 3.28. The summed E-state index contributed by atoms with van der Waals surface area (Å²) in [7, 11) is 0. The van der Waals surface area contributed by atoms with Crippen LogP contribution in [-0.4, -0.2) is 33.0 Å². The summed E-state index contributed by atoms with van der Waals surface area (Å²) in [6.07, 6.45) is 7.41. The Bertz CT molecular complexity index is 1070. The van der Waals surface area contributed by atoms with E-state index in [4.69, 9.17) is 5.73 Å². The van der Waals surface area contributed by atoms with Crippen LogP contribution in [0.25, 0.3) is 11.3 Å². The smallest absolute Gasteiger partial charge is 0.227 e. The zero-order valence-corrected chi connectivity index (χ0v) is 17.1. The first-order valence-electron chi connectivity index (χ1n) is 9.95. The van der Waals surface area contributed by atoms with Crippen LogP contribution in [0, 0.1) is 11.3 Å². The third kappa shape index (κ3) is 4.21. The highest BCUT2D eigenvalue weighted by molar-refractivity contribution is 5.67. The van der Waals surface area contributed by atoms with Gasteiger partial charge >= 0.3 is 0 Å². The molecule has 8 heteroatoms. The summed E-state index contributed by atoms with van der Waals surface area (Å²) in [6.45, 7) is 5.70. The van der Waals surface area contributed by atoms with Gasteiger partial charge in [-0.3, -0.25) is 4.98 Å². The third-order valence-corrected chi connectivity index (χ3v) is 5.02. The van der Waals surface area contributed by atoms with Crippen molar-refractivity contribution in [2.45, 2.75) is 32.2 Å². The number of aromatic nitrogens is 4. The van der Waals surface area contributed by atoms with Gasteiger partial charge in [-0.05, 0) is 51.0 Å². The summed E-state index contributed by atoms with van der Waals surface area (Å²) in [4.78, 5) is 20.0. The molecule has 4 heterocycles. The van der Waals surface area contributed by atoms with Crippen LogP contribution in [0.1, 0.15) is 37.9 Å². The lowest BCUT2D eigenvalue weighted by atomic mass is 10.0. The molecule has 4 rings (SSSR count). The molecule has 0 aromatic carbocycles. The van der Waals surface area contributed by atoms with Crippen LogP contribution < -0.4 is 16.0 Å². The predicted octanol–water partition coefficient (Wildman–Crippen LogP) is 3.34. The van der Waals surface area contributed by atoms with Gasteiger partial charge in [0.1, 0.15) is 11.9 Å². The second-order valence-electron chi connectivity index (χ2n) is 7.95. The fraction of sp³-hybridized carbons (Fsp3) is 0.318. The van der Waals surface area contributed by atoms with Crippen molar-refractivity contribution in [3.8, 4) is 17.3 Å². The molecule has 1 aliphatic rings. The lowest BCUT2D eigenvalue weighted by Gasteiger charge is -2.18. The van der Waals surface area contributed by atoms with Gasteiger partial charge in [0.2, 0.25) is 5.95 Å². The normalized spacial score (nSPS) is 13.9. The fourth-order valence-corrected chi connectivity index (χ4v) is 3.42. The summed E-state index contributed by atoms with van der Waals surface area (Å²) in [5.41, 5.74) is 9.18. The predicted molar refractivity (Wildman–Crippen MR) is 116 cm³/mol. The van der Waals surface area contributed by atoms with Crippen molar-refractivity contribution in [3.63, 3.8) is 0 Å². The summed E-state index contributed by atoms with van der Waals surface area (Å²) in [5, 5.41) is 12.8. The van der Waals surface area contributed by atoms with Crippen molar-refractivity contribution in [1.29, 1.82) is 5.26 Å². The van der Waals surface area contributed by atoms with E-state index >= 15 is 0 Å². The number of nitrogens with two attached hydrogens (primary N) is 1. The van der Waals surface area contributed by atoms with Crippen molar-refractivity contribution in [1.82, 2.24) is 19.9 Å². The minimum atomic E-state index is -0.498. The number of rotatable bonds is 5. The van der Waals surface area contributed by atoms with Crippen molar-refractivity contribution >= 4 is 17.5 Å². The topological polar surface area (TPSA) is 117 Å². The van der Waals surface area contributed by atoms with E-state index in [9.17, 15) is 5.26 Å². The Kier molecular flexibility index (Phi) is 5.29. The number of nitrogens with one attached hydrogen (secondary N) is 1. The van der Waals surface area contributed by atoms with Crippen LogP contribution in [0.5, 0.6) is 0 Å². The molecule has 3 N–H and O–H groups in total. The van der Waals surface area contributed by atoms with E-state index in [1.54, 1.807) is 24.7 Å². The minimum Gasteiger partial charge on any atom is -0.356 e. The van der Waals surface area contributed by atoms with Crippen molar-refractivity contribution in [2.75, 3.05) is 23.3 Å². The van der Waals surface area contributed by atoms with Crippen molar-refractivity contribution in [2.24, 2.45) is 5.73 Å². The molecule has 0 saturated carbocycles. The second kappa shape index (κ2) is 8.05. The highest BCUT2D eigenvalue weighted by Crippen LogP contribution is 2.27. The molecule has 3 aromatic rings. The highest BCUT2D eigenvalue weighted by atomic mass is 15.2. The van der Waals surface area contributed by atoms with Gasteiger partial charge in [0, 0.05) is 31.0 Å². The van der Waals surface area contributed by atoms with E-state index in [0.717, 1.165) is 48.7 Å². The van der Waals surface area contributed by atoms with E-state index in [2.05, 4.69) is 36.2 Å². The molecule has 1 saturated heterocycles. The maximum Gasteiger partial charge on any atom is 0.227 e. The average molecular weight is 400 g/mol. The second-order valence-corrected chi connectivity index (χ2v) is 7.95. The third-order valence-electron chi connectivity index (χ3n) is 5.02. The lowest BCUT2D eigenvalue weighted by molar-refractivity contribution is 0.535. The molecule has 0 atom stereocenters. The molecule has 0 radical (unpaired) electrons. The van der Waals surface area contributed by atoms with Crippen LogP contribution in [0.15, 0.2) is 42.9 Å². The largest absolute Gasteiger partial charge is 0.356 e.